The minimum absolute atomic E-state index is 0.0920. The quantitative estimate of drug-likeness (QED) is 0.440. The van der Waals surface area contributed by atoms with Gasteiger partial charge in [-0.1, -0.05) is 24.3 Å². The number of carbonyl (C=O) groups excluding carboxylic acids is 1. The third-order valence-electron chi connectivity index (χ3n) is 4.84. The minimum Gasteiger partial charge on any atom is -0.423 e. The van der Waals surface area contributed by atoms with E-state index >= 15 is 0 Å². The molecule has 0 aliphatic heterocycles. The topological polar surface area (TPSA) is 112 Å². The summed E-state index contributed by atoms with van der Waals surface area (Å²) in [5.41, 5.74) is 8.40. The van der Waals surface area contributed by atoms with Gasteiger partial charge in [0.1, 0.15) is 0 Å². The van der Waals surface area contributed by atoms with E-state index in [1.54, 1.807) is 24.5 Å². The van der Waals surface area contributed by atoms with Gasteiger partial charge in [-0.15, -0.1) is 0 Å². The third kappa shape index (κ3) is 4.80. The molecular weight excluding hydrogens is 367 g/mol. The summed E-state index contributed by atoms with van der Waals surface area (Å²) in [6, 6.07) is 12.7. The molecule has 150 valence electrons. The van der Waals surface area contributed by atoms with Crippen molar-refractivity contribution in [3.63, 3.8) is 0 Å². The van der Waals surface area contributed by atoms with Gasteiger partial charge in [0.25, 0.3) is 0 Å². The Bertz CT molecular complexity index is 1010. The van der Waals surface area contributed by atoms with Crippen LogP contribution in [0.3, 0.4) is 0 Å². The lowest BCUT2D eigenvalue weighted by atomic mass is 9.74. The molecule has 0 aliphatic rings. The average molecular weight is 392 g/mol. The van der Waals surface area contributed by atoms with Crippen molar-refractivity contribution in [1.29, 1.82) is 0 Å². The van der Waals surface area contributed by atoms with Gasteiger partial charge < -0.3 is 26.0 Å². The Morgan fingerprint density at radius 2 is 2.00 bits per heavy atom. The minimum atomic E-state index is -1.62. The van der Waals surface area contributed by atoms with Crippen LogP contribution in [-0.2, 0) is 11.3 Å². The highest BCUT2D eigenvalue weighted by atomic mass is 16.4. The van der Waals surface area contributed by atoms with Crippen molar-refractivity contribution in [2.45, 2.75) is 12.5 Å². The number of hydrogen-bond acceptors (Lipinski definition) is 6. The van der Waals surface area contributed by atoms with Gasteiger partial charge in [-0.2, -0.15) is 0 Å². The number of rotatable bonds is 7. The molecule has 29 heavy (non-hydrogen) atoms. The molecule has 0 aliphatic carbocycles. The molecule has 0 radical (unpaired) electrons. The first-order valence-electron chi connectivity index (χ1n) is 9.38. The van der Waals surface area contributed by atoms with Gasteiger partial charge >= 0.3 is 7.12 Å². The van der Waals surface area contributed by atoms with Crippen LogP contribution in [0.5, 0.6) is 0 Å². The number of carbonyl (C=O) groups is 1. The van der Waals surface area contributed by atoms with E-state index in [4.69, 9.17) is 5.73 Å². The summed E-state index contributed by atoms with van der Waals surface area (Å²) in [4.78, 5) is 19.1. The Labute approximate surface area is 170 Å². The highest BCUT2D eigenvalue weighted by Crippen LogP contribution is 2.23. The summed E-state index contributed by atoms with van der Waals surface area (Å²) >= 11 is 0. The summed E-state index contributed by atoms with van der Waals surface area (Å²) in [5.74, 6) is -0.873. The Kier molecular flexibility index (Phi) is 6.61. The lowest BCUT2D eigenvalue weighted by molar-refractivity contribution is -0.117. The molecule has 8 heteroatoms. The van der Waals surface area contributed by atoms with E-state index in [9.17, 15) is 14.8 Å². The first-order chi connectivity index (χ1) is 13.9. The van der Waals surface area contributed by atoms with Crippen molar-refractivity contribution in [3.8, 4) is 0 Å². The fourth-order valence-electron chi connectivity index (χ4n) is 3.46. The zero-order chi connectivity index (χ0) is 21.0. The molecule has 3 aromatic rings. The number of fused-ring (bicyclic) bond motifs is 1. The van der Waals surface area contributed by atoms with Gasteiger partial charge in [0.2, 0.25) is 5.91 Å². The fraction of sp³-hybridized carbons (Fsp3) is 0.238. The number of pyridine rings is 1. The van der Waals surface area contributed by atoms with E-state index in [1.165, 1.54) is 0 Å². The third-order valence-corrected chi connectivity index (χ3v) is 4.84. The second-order valence-corrected chi connectivity index (χ2v) is 7.24. The lowest BCUT2D eigenvalue weighted by Crippen LogP contribution is -2.38. The monoisotopic (exact) mass is 392 g/mol. The number of nitrogens with zero attached hydrogens (tertiary/aromatic N) is 2. The summed E-state index contributed by atoms with van der Waals surface area (Å²) < 4.78 is 0. The Hall–Kier alpha value is -2.78. The molecule has 1 heterocycles. The van der Waals surface area contributed by atoms with Crippen molar-refractivity contribution in [2.75, 3.05) is 26.0 Å². The molecule has 1 aromatic heterocycles. The number of aromatic nitrogens is 1. The maximum atomic E-state index is 13.1. The van der Waals surface area contributed by atoms with Crippen molar-refractivity contribution in [2.24, 2.45) is 5.73 Å². The molecule has 1 atom stereocenters. The average Bonchev–Trinajstić information content (AvgIpc) is 2.69. The maximum absolute atomic E-state index is 13.1. The maximum Gasteiger partial charge on any atom is 0.488 e. The van der Waals surface area contributed by atoms with E-state index in [0.717, 1.165) is 10.8 Å². The second-order valence-electron chi connectivity index (χ2n) is 7.24. The van der Waals surface area contributed by atoms with Crippen molar-refractivity contribution < 1.29 is 14.8 Å². The molecular formula is C21H25BN4O3. The van der Waals surface area contributed by atoms with E-state index in [1.807, 2.05) is 49.3 Å². The van der Waals surface area contributed by atoms with Gasteiger partial charge in [0.05, 0.1) is 5.92 Å². The molecule has 0 saturated heterocycles. The zero-order valence-corrected chi connectivity index (χ0v) is 16.5. The molecule has 0 fully saturated rings. The number of benzene rings is 2. The van der Waals surface area contributed by atoms with Crippen molar-refractivity contribution in [3.05, 3.63) is 66.0 Å². The van der Waals surface area contributed by atoms with Crippen LogP contribution in [0.2, 0.25) is 0 Å². The van der Waals surface area contributed by atoms with Crippen LogP contribution >= 0.6 is 0 Å². The number of amides is 1. The molecule has 3 rings (SSSR count). The van der Waals surface area contributed by atoms with Gasteiger partial charge in [-0.3, -0.25) is 9.78 Å². The largest absolute Gasteiger partial charge is 0.488 e. The van der Waals surface area contributed by atoms with Gasteiger partial charge in [0.15, 0.2) is 0 Å². The highest BCUT2D eigenvalue weighted by Gasteiger charge is 2.26. The van der Waals surface area contributed by atoms with Crippen LogP contribution in [0.4, 0.5) is 5.69 Å². The predicted octanol–water partition coefficient (Wildman–Crippen LogP) is 0.657. The molecule has 2 aromatic carbocycles. The number of anilines is 1. The van der Waals surface area contributed by atoms with Crippen LogP contribution in [0.1, 0.15) is 17.0 Å². The van der Waals surface area contributed by atoms with Gasteiger partial charge in [-0.05, 0) is 54.3 Å². The Morgan fingerprint density at radius 3 is 2.69 bits per heavy atom. The first kappa shape index (κ1) is 20.9. The summed E-state index contributed by atoms with van der Waals surface area (Å²) in [7, 11) is 2.14. The summed E-state index contributed by atoms with van der Waals surface area (Å²) in [5, 5.41) is 24.4. The van der Waals surface area contributed by atoms with E-state index < -0.39 is 13.0 Å². The highest BCUT2D eigenvalue weighted by molar-refractivity contribution is 6.59. The Morgan fingerprint density at radius 1 is 1.21 bits per heavy atom. The molecule has 7 nitrogen and oxygen atoms in total. The zero-order valence-electron chi connectivity index (χ0n) is 16.5. The molecule has 5 N–H and O–H groups in total. The summed E-state index contributed by atoms with van der Waals surface area (Å²) in [6.45, 7) is 0.546. The molecule has 0 saturated carbocycles. The van der Waals surface area contributed by atoms with Crippen molar-refractivity contribution >= 4 is 34.9 Å². The standard InChI is InChI=1S/C21H25BN4O3/c1-26(2)13-19-17(4-3-5-20(19)22(28)29)18(11-23)21(27)25-16-7-6-15-12-24-9-8-14(15)10-16/h3-10,12,18,28-29H,11,13,23H2,1-2H3,(H,25,27). The van der Waals surface area contributed by atoms with Crippen LogP contribution in [0.25, 0.3) is 10.8 Å². The lowest BCUT2D eigenvalue weighted by Gasteiger charge is -2.23. The van der Waals surface area contributed by atoms with Crippen LogP contribution in [-0.4, -0.2) is 53.6 Å². The number of nitrogens with one attached hydrogen (secondary N) is 1. The van der Waals surface area contributed by atoms with E-state index in [0.29, 0.717) is 28.8 Å². The van der Waals surface area contributed by atoms with E-state index in [2.05, 4.69) is 10.3 Å². The van der Waals surface area contributed by atoms with Crippen LogP contribution < -0.4 is 16.5 Å². The number of hydrogen-bond donors (Lipinski definition) is 4. The van der Waals surface area contributed by atoms with E-state index in [-0.39, 0.29) is 12.5 Å². The normalized spacial score (nSPS) is 12.2. The molecule has 1 unspecified atom stereocenters. The smallest absolute Gasteiger partial charge is 0.423 e. The molecule has 0 bridgehead atoms. The van der Waals surface area contributed by atoms with Crippen LogP contribution in [0.15, 0.2) is 54.9 Å². The fourth-order valence-corrected chi connectivity index (χ4v) is 3.46. The van der Waals surface area contributed by atoms with Crippen molar-refractivity contribution in [1.82, 2.24) is 9.88 Å². The SMILES string of the molecule is CN(C)Cc1c(B(O)O)cccc1C(CN)C(=O)Nc1ccc2cnccc2c1. The molecule has 0 spiro atoms. The van der Waals surface area contributed by atoms with Crippen LogP contribution in [0, 0.1) is 0 Å². The first-order valence-corrected chi connectivity index (χ1v) is 9.38. The Balaban J connectivity index is 1.93. The second kappa shape index (κ2) is 9.15. The predicted molar refractivity (Wildman–Crippen MR) is 116 cm³/mol. The number of nitrogens with two attached hydrogens (primary N) is 1. The summed E-state index contributed by atoms with van der Waals surface area (Å²) in [6.07, 6.45) is 3.47. The van der Waals surface area contributed by atoms with Gasteiger partial charge in [-0.25, -0.2) is 0 Å². The van der Waals surface area contributed by atoms with Gasteiger partial charge in [0, 0.05) is 36.6 Å². The molecule has 1 amide bonds.